The first-order chi connectivity index (χ1) is 5.36. The van der Waals surface area contributed by atoms with Gasteiger partial charge in [-0.2, -0.15) is 0 Å². The van der Waals surface area contributed by atoms with Crippen LogP contribution in [-0.2, 0) is 11.3 Å². The fourth-order valence-corrected chi connectivity index (χ4v) is 1.49. The van der Waals surface area contributed by atoms with Gasteiger partial charge in [0.25, 0.3) is 0 Å². The number of rotatable bonds is 0. The topological polar surface area (TPSA) is 21.3 Å². The molecular formula is C8H8BrNO. The van der Waals surface area contributed by atoms with Crippen LogP contribution in [0.5, 0.6) is 0 Å². The molecule has 0 amide bonds. The summed E-state index contributed by atoms with van der Waals surface area (Å²) in [4.78, 5) is 0. The fourth-order valence-electron chi connectivity index (χ4n) is 1.13. The van der Waals surface area contributed by atoms with Gasteiger partial charge < -0.3 is 10.1 Å². The van der Waals surface area contributed by atoms with Gasteiger partial charge in [-0.25, -0.2) is 0 Å². The molecule has 1 aromatic carbocycles. The molecule has 0 fully saturated rings. The zero-order valence-electron chi connectivity index (χ0n) is 5.93. The Kier molecular flexibility index (Phi) is 1.84. The number of fused-ring (bicyclic) bond motifs is 1. The van der Waals surface area contributed by atoms with Crippen LogP contribution < -0.4 is 5.32 Å². The lowest BCUT2D eigenvalue weighted by Gasteiger charge is -2.18. The molecule has 0 saturated heterocycles. The summed E-state index contributed by atoms with van der Waals surface area (Å²) in [7, 11) is 0. The van der Waals surface area contributed by atoms with Crippen molar-refractivity contribution in [1.29, 1.82) is 0 Å². The third kappa shape index (κ3) is 1.39. The summed E-state index contributed by atoms with van der Waals surface area (Å²) in [5.41, 5.74) is 2.39. The Hall–Kier alpha value is -0.540. The first-order valence-electron chi connectivity index (χ1n) is 3.46. The van der Waals surface area contributed by atoms with Gasteiger partial charge in [0.05, 0.1) is 6.61 Å². The smallest absolute Gasteiger partial charge is 0.116 e. The zero-order valence-corrected chi connectivity index (χ0v) is 7.52. The maximum absolute atomic E-state index is 5.21. The van der Waals surface area contributed by atoms with Crippen molar-refractivity contribution in [3.05, 3.63) is 28.2 Å². The summed E-state index contributed by atoms with van der Waals surface area (Å²) in [6, 6.07) is 6.15. The molecule has 2 nitrogen and oxygen atoms in total. The van der Waals surface area contributed by atoms with Crippen LogP contribution >= 0.6 is 15.9 Å². The Morgan fingerprint density at radius 3 is 3.27 bits per heavy atom. The molecule has 58 valence electrons. The van der Waals surface area contributed by atoms with Crippen molar-refractivity contribution in [3.63, 3.8) is 0 Å². The van der Waals surface area contributed by atoms with E-state index in [-0.39, 0.29) is 0 Å². The lowest BCUT2D eigenvalue weighted by molar-refractivity contribution is 0.130. The largest absolute Gasteiger partial charge is 0.362 e. The summed E-state index contributed by atoms with van der Waals surface area (Å²) in [5.74, 6) is 0. The number of nitrogens with one attached hydrogen (secondary N) is 1. The highest BCUT2D eigenvalue weighted by Gasteiger charge is 2.07. The Morgan fingerprint density at radius 2 is 2.36 bits per heavy atom. The van der Waals surface area contributed by atoms with Gasteiger partial charge in [0.15, 0.2) is 0 Å². The van der Waals surface area contributed by atoms with E-state index < -0.39 is 0 Å². The number of benzene rings is 1. The van der Waals surface area contributed by atoms with E-state index in [1.165, 1.54) is 11.3 Å². The van der Waals surface area contributed by atoms with E-state index >= 15 is 0 Å². The van der Waals surface area contributed by atoms with Crippen LogP contribution in [0.4, 0.5) is 5.69 Å². The third-order valence-electron chi connectivity index (χ3n) is 1.69. The lowest BCUT2D eigenvalue weighted by Crippen LogP contribution is -2.13. The van der Waals surface area contributed by atoms with Gasteiger partial charge in [0, 0.05) is 15.7 Å². The van der Waals surface area contributed by atoms with Crippen LogP contribution in [0.2, 0.25) is 0 Å². The predicted octanol–water partition coefficient (Wildman–Crippen LogP) is 2.35. The first kappa shape index (κ1) is 7.13. The number of anilines is 1. The molecule has 11 heavy (non-hydrogen) atoms. The minimum Gasteiger partial charge on any atom is -0.362 e. The molecule has 2 rings (SSSR count). The molecule has 0 atom stereocenters. The average molecular weight is 214 g/mol. The van der Waals surface area contributed by atoms with Crippen LogP contribution in [0.15, 0.2) is 22.7 Å². The molecule has 0 aromatic heterocycles. The number of ether oxygens (including phenoxy) is 1. The van der Waals surface area contributed by atoms with Crippen LogP contribution in [0.3, 0.4) is 0 Å². The Morgan fingerprint density at radius 1 is 1.45 bits per heavy atom. The van der Waals surface area contributed by atoms with E-state index in [9.17, 15) is 0 Å². The molecule has 0 aliphatic carbocycles. The summed E-state index contributed by atoms with van der Waals surface area (Å²) < 4.78 is 6.31. The Bertz CT molecular complexity index is 275. The molecule has 0 saturated carbocycles. The number of hydrogen-bond donors (Lipinski definition) is 1. The second kappa shape index (κ2) is 2.83. The quantitative estimate of drug-likeness (QED) is 0.715. The molecular weight excluding hydrogens is 206 g/mol. The van der Waals surface area contributed by atoms with Gasteiger partial charge in [-0.3, -0.25) is 0 Å². The van der Waals surface area contributed by atoms with Crippen molar-refractivity contribution in [3.8, 4) is 0 Å². The number of halogens is 1. The minimum atomic E-state index is 0.615. The molecule has 3 heteroatoms. The number of hydrogen-bond acceptors (Lipinski definition) is 2. The molecule has 0 unspecified atom stereocenters. The van der Waals surface area contributed by atoms with Gasteiger partial charge in [0.2, 0.25) is 0 Å². The van der Waals surface area contributed by atoms with Crippen molar-refractivity contribution in [1.82, 2.24) is 0 Å². The molecule has 1 N–H and O–H groups in total. The fraction of sp³-hybridized carbons (Fsp3) is 0.250. The zero-order chi connectivity index (χ0) is 7.68. The van der Waals surface area contributed by atoms with E-state index in [1.54, 1.807) is 0 Å². The maximum atomic E-state index is 5.21. The van der Waals surface area contributed by atoms with Crippen molar-refractivity contribution in [2.75, 3.05) is 12.0 Å². The SMILES string of the molecule is Brc1ccc2c(c1)NCOC2. The van der Waals surface area contributed by atoms with Gasteiger partial charge in [-0.05, 0) is 12.1 Å². The standard InChI is InChI=1S/C8H8BrNO/c9-7-2-1-6-4-11-5-10-8(6)3-7/h1-3,10H,4-5H2. The summed E-state index contributed by atoms with van der Waals surface area (Å²) in [5, 5.41) is 3.15. The van der Waals surface area contributed by atoms with E-state index in [4.69, 9.17) is 4.74 Å². The highest BCUT2D eigenvalue weighted by molar-refractivity contribution is 9.10. The Labute approximate surface area is 73.7 Å². The van der Waals surface area contributed by atoms with E-state index in [0.717, 1.165) is 11.1 Å². The predicted molar refractivity (Wildman–Crippen MR) is 47.4 cm³/mol. The van der Waals surface area contributed by atoms with Crippen LogP contribution in [0, 0.1) is 0 Å². The second-order valence-corrected chi connectivity index (χ2v) is 3.39. The van der Waals surface area contributed by atoms with Crippen molar-refractivity contribution in [2.24, 2.45) is 0 Å². The second-order valence-electron chi connectivity index (χ2n) is 2.47. The molecule has 1 aliphatic rings. The highest BCUT2D eigenvalue weighted by Crippen LogP contribution is 2.24. The lowest BCUT2D eigenvalue weighted by atomic mass is 10.2. The van der Waals surface area contributed by atoms with Gasteiger partial charge >= 0.3 is 0 Å². The average Bonchev–Trinajstić information content (AvgIpc) is 2.04. The van der Waals surface area contributed by atoms with Gasteiger partial charge in [-0.15, -0.1) is 0 Å². The summed E-state index contributed by atoms with van der Waals surface area (Å²) in [6.45, 7) is 1.33. The van der Waals surface area contributed by atoms with Crippen molar-refractivity contribution >= 4 is 21.6 Å². The third-order valence-corrected chi connectivity index (χ3v) is 2.19. The normalized spacial score (nSPS) is 15.4. The molecule has 1 aliphatic heterocycles. The monoisotopic (exact) mass is 213 g/mol. The summed E-state index contributed by atoms with van der Waals surface area (Å²) in [6.07, 6.45) is 0. The van der Waals surface area contributed by atoms with Crippen LogP contribution in [0.1, 0.15) is 5.56 Å². The highest BCUT2D eigenvalue weighted by atomic mass is 79.9. The van der Waals surface area contributed by atoms with Gasteiger partial charge in [-0.1, -0.05) is 22.0 Å². The first-order valence-corrected chi connectivity index (χ1v) is 4.25. The van der Waals surface area contributed by atoms with Crippen LogP contribution in [-0.4, -0.2) is 6.73 Å². The summed E-state index contributed by atoms with van der Waals surface area (Å²) >= 11 is 3.41. The Balaban J connectivity index is 2.43. The molecule has 0 radical (unpaired) electrons. The van der Waals surface area contributed by atoms with E-state index in [1.807, 2.05) is 6.07 Å². The minimum absolute atomic E-state index is 0.615. The molecule has 1 heterocycles. The van der Waals surface area contributed by atoms with E-state index in [0.29, 0.717) is 6.73 Å². The van der Waals surface area contributed by atoms with Gasteiger partial charge in [0.1, 0.15) is 6.73 Å². The maximum Gasteiger partial charge on any atom is 0.116 e. The molecule has 0 spiro atoms. The van der Waals surface area contributed by atoms with Crippen molar-refractivity contribution in [2.45, 2.75) is 6.61 Å². The molecule has 1 aromatic rings. The van der Waals surface area contributed by atoms with Crippen molar-refractivity contribution < 1.29 is 4.74 Å². The van der Waals surface area contributed by atoms with Crippen LogP contribution in [0.25, 0.3) is 0 Å². The molecule has 0 bridgehead atoms. The van der Waals surface area contributed by atoms with E-state index in [2.05, 4.69) is 33.4 Å².